The number of halogens is 1. The van der Waals surface area contributed by atoms with Gasteiger partial charge in [-0.15, -0.1) is 35.3 Å². The van der Waals surface area contributed by atoms with Crippen LogP contribution in [-0.4, -0.2) is 73.1 Å². The molecule has 1 unspecified atom stereocenters. The summed E-state index contributed by atoms with van der Waals surface area (Å²) in [7, 11) is 1.81. The van der Waals surface area contributed by atoms with E-state index in [-0.39, 0.29) is 24.0 Å². The summed E-state index contributed by atoms with van der Waals surface area (Å²) in [4.78, 5) is 15.0. The SMILES string of the molecule is CCN1CCN(C(C)CNC(=NC)NCc2ncc(C)s2)CC1.I. The lowest BCUT2D eigenvalue weighted by molar-refractivity contribution is 0.107. The molecule has 1 atom stereocenters. The van der Waals surface area contributed by atoms with E-state index >= 15 is 0 Å². The van der Waals surface area contributed by atoms with Crippen molar-refractivity contribution >= 4 is 41.3 Å². The number of thiazole rings is 1. The molecule has 2 rings (SSSR count). The fraction of sp³-hybridized carbons (Fsp3) is 0.750. The van der Waals surface area contributed by atoms with Gasteiger partial charge in [0.25, 0.3) is 0 Å². The lowest BCUT2D eigenvalue weighted by Crippen LogP contribution is -2.53. The Hall–Kier alpha value is -0.450. The van der Waals surface area contributed by atoms with Crippen molar-refractivity contribution in [2.45, 2.75) is 33.4 Å². The Morgan fingerprint density at radius 1 is 1.33 bits per heavy atom. The van der Waals surface area contributed by atoms with E-state index in [9.17, 15) is 0 Å². The fourth-order valence-electron chi connectivity index (χ4n) is 2.76. The second-order valence-electron chi connectivity index (χ2n) is 5.99. The lowest BCUT2D eigenvalue weighted by Gasteiger charge is -2.37. The van der Waals surface area contributed by atoms with Crippen molar-refractivity contribution < 1.29 is 0 Å². The second kappa shape index (κ2) is 11.2. The van der Waals surface area contributed by atoms with Crippen LogP contribution in [0.3, 0.4) is 0 Å². The topological polar surface area (TPSA) is 55.8 Å². The highest BCUT2D eigenvalue weighted by atomic mass is 127. The van der Waals surface area contributed by atoms with Gasteiger partial charge in [0.15, 0.2) is 5.96 Å². The molecule has 0 spiro atoms. The number of guanidine groups is 1. The average molecular weight is 466 g/mol. The van der Waals surface area contributed by atoms with E-state index in [0.29, 0.717) is 6.04 Å². The van der Waals surface area contributed by atoms with Crippen LogP contribution in [0.15, 0.2) is 11.2 Å². The van der Waals surface area contributed by atoms with Crippen LogP contribution in [-0.2, 0) is 6.54 Å². The highest BCUT2D eigenvalue weighted by Gasteiger charge is 2.20. The molecule has 1 aliphatic rings. The third-order valence-corrected chi connectivity index (χ3v) is 5.25. The predicted molar refractivity (Wildman–Crippen MR) is 114 cm³/mol. The number of aryl methyl sites for hydroxylation is 1. The molecular weight excluding hydrogens is 435 g/mol. The maximum atomic E-state index is 4.37. The van der Waals surface area contributed by atoms with Crippen molar-refractivity contribution in [3.8, 4) is 0 Å². The average Bonchev–Trinajstić information content (AvgIpc) is 3.00. The Morgan fingerprint density at radius 2 is 2.04 bits per heavy atom. The van der Waals surface area contributed by atoms with Gasteiger partial charge >= 0.3 is 0 Å². The summed E-state index contributed by atoms with van der Waals surface area (Å²) >= 11 is 1.72. The summed E-state index contributed by atoms with van der Waals surface area (Å²) in [5.74, 6) is 0.844. The van der Waals surface area contributed by atoms with Crippen LogP contribution >= 0.6 is 35.3 Å². The summed E-state index contributed by atoms with van der Waals surface area (Å²) in [6.45, 7) is 14.1. The molecule has 0 bridgehead atoms. The molecule has 24 heavy (non-hydrogen) atoms. The molecule has 1 aromatic heterocycles. The van der Waals surface area contributed by atoms with E-state index < -0.39 is 0 Å². The minimum atomic E-state index is 0. The molecule has 8 heteroatoms. The normalized spacial score (nSPS) is 18.1. The van der Waals surface area contributed by atoms with Crippen LogP contribution in [0.2, 0.25) is 0 Å². The number of rotatable bonds is 6. The van der Waals surface area contributed by atoms with Crippen molar-refractivity contribution in [2.75, 3.05) is 46.3 Å². The highest BCUT2D eigenvalue weighted by molar-refractivity contribution is 14.0. The second-order valence-corrected chi connectivity index (χ2v) is 7.31. The number of piperazine rings is 1. The smallest absolute Gasteiger partial charge is 0.191 e. The van der Waals surface area contributed by atoms with E-state index in [0.717, 1.165) is 43.7 Å². The molecule has 0 saturated carbocycles. The first-order valence-electron chi connectivity index (χ1n) is 8.44. The molecule has 2 N–H and O–H groups in total. The summed E-state index contributed by atoms with van der Waals surface area (Å²) in [5, 5.41) is 7.85. The van der Waals surface area contributed by atoms with Crippen molar-refractivity contribution in [3.05, 3.63) is 16.1 Å². The fourth-order valence-corrected chi connectivity index (χ4v) is 3.48. The van der Waals surface area contributed by atoms with Crippen LogP contribution in [0.5, 0.6) is 0 Å². The van der Waals surface area contributed by atoms with E-state index in [1.807, 2.05) is 13.2 Å². The maximum absolute atomic E-state index is 4.37. The zero-order chi connectivity index (χ0) is 16.7. The third kappa shape index (κ3) is 6.81. The molecule has 0 aliphatic carbocycles. The molecule has 1 aromatic rings. The Morgan fingerprint density at radius 3 is 2.58 bits per heavy atom. The van der Waals surface area contributed by atoms with Gasteiger partial charge in [-0.05, 0) is 20.4 Å². The molecule has 0 amide bonds. The van der Waals surface area contributed by atoms with Crippen LogP contribution in [0.4, 0.5) is 0 Å². The molecule has 0 aromatic carbocycles. The van der Waals surface area contributed by atoms with Crippen molar-refractivity contribution in [1.29, 1.82) is 0 Å². The molecule has 1 aliphatic heterocycles. The maximum Gasteiger partial charge on any atom is 0.191 e. The van der Waals surface area contributed by atoms with E-state index in [1.165, 1.54) is 18.0 Å². The summed E-state index contributed by atoms with van der Waals surface area (Å²) in [5.41, 5.74) is 0. The van der Waals surface area contributed by atoms with Crippen LogP contribution in [0.25, 0.3) is 0 Å². The number of hydrogen-bond acceptors (Lipinski definition) is 5. The van der Waals surface area contributed by atoms with Gasteiger partial charge in [-0.2, -0.15) is 0 Å². The van der Waals surface area contributed by atoms with Crippen LogP contribution in [0.1, 0.15) is 23.7 Å². The van der Waals surface area contributed by atoms with Crippen LogP contribution in [0, 0.1) is 6.92 Å². The largest absolute Gasteiger partial charge is 0.355 e. The predicted octanol–water partition coefficient (Wildman–Crippen LogP) is 1.76. The van der Waals surface area contributed by atoms with Gasteiger partial charge in [0.05, 0.1) is 6.54 Å². The Kier molecular flexibility index (Phi) is 10.1. The number of aromatic nitrogens is 1. The van der Waals surface area contributed by atoms with E-state index in [1.54, 1.807) is 11.3 Å². The van der Waals surface area contributed by atoms with Gasteiger partial charge in [-0.3, -0.25) is 9.89 Å². The zero-order valence-corrected chi connectivity index (χ0v) is 18.4. The van der Waals surface area contributed by atoms with Gasteiger partial charge in [-0.25, -0.2) is 4.98 Å². The monoisotopic (exact) mass is 466 g/mol. The molecule has 2 heterocycles. The standard InChI is InChI=1S/C16H30N6S.HI/c1-5-21-6-8-22(9-7-21)13(2)10-19-16(17-4)20-12-15-18-11-14(3)23-15;/h11,13H,5-10,12H2,1-4H3,(H2,17,19,20);1H. The molecule has 0 radical (unpaired) electrons. The van der Waals surface area contributed by atoms with Gasteiger partial charge in [0.1, 0.15) is 5.01 Å². The minimum Gasteiger partial charge on any atom is -0.355 e. The van der Waals surface area contributed by atoms with E-state index in [2.05, 4.69) is 51.2 Å². The Labute approximate surface area is 167 Å². The number of nitrogens with one attached hydrogen (secondary N) is 2. The minimum absolute atomic E-state index is 0. The Bertz CT molecular complexity index is 499. The van der Waals surface area contributed by atoms with E-state index in [4.69, 9.17) is 0 Å². The lowest BCUT2D eigenvalue weighted by atomic mass is 10.2. The first-order valence-corrected chi connectivity index (χ1v) is 9.26. The first kappa shape index (κ1) is 21.6. The third-order valence-electron chi connectivity index (χ3n) is 4.34. The van der Waals surface area contributed by atoms with Gasteiger partial charge in [0, 0.05) is 56.9 Å². The zero-order valence-electron chi connectivity index (χ0n) is 15.2. The molecule has 1 fully saturated rings. The number of aliphatic imine (C=N–C) groups is 1. The highest BCUT2D eigenvalue weighted by Crippen LogP contribution is 2.10. The molecular formula is C16H31IN6S. The quantitative estimate of drug-likeness (QED) is 0.380. The molecule has 6 nitrogen and oxygen atoms in total. The number of nitrogens with zero attached hydrogens (tertiary/aromatic N) is 4. The van der Waals surface area contributed by atoms with Crippen LogP contribution < -0.4 is 10.6 Å². The number of likely N-dealkylation sites (N-methyl/N-ethyl adjacent to an activating group) is 1. The van der Waals surface area contributed by atoms with Crippen molar-refractivity contribution in [1.82, 2.24) is 25.4 Å². The summed E-state index contributed by atoms with van der Waals surface area (Å²) in [6, 6.07) is 0.509. The molecule has 138 valence electrons. The van der Waals surface area contributed by atoms with Crippen molar-refractivity contribution in [3.63, 3.8) is 0 Å². The Balaban J connectivity index is 0.00000288. The van der Waals surface area contributed by atoms with Gasteiger partial charge < -0.3 is 15.5 Å². The van der Waals surface area contributed by atoms with Crippen molar-refractivity contribution in [2.24, 2.45) is 4.99 Å². The molecule has 1 saturated heterocycles. The summed E-state index contributed by atoms with van der Waals surface area (Å²) in [6.07, 6.45) is 1.91. The van der Waals surface area contributed by atoms with Gasteiger partial charge in [-0.1, -0.05) is 6.92 Å². The first-order chi connectivity index (χ1) is 11.1. The van der Waals surface area contributed by atoms with Gasteiger partial charge in [0.2, 0.25) is 0 Å². The summed E-state index contributed by atoms with van der Waals surface area (Å²) < 4.78 is 0. The number of hydrogen-bond donors (Lipinski definition) is 2.